The maximum Gasteiger partial charge on any atom is 0.325 e. The number of nitrogens with one attached hydrogen (secondary N) is 1. The van der Waals surface area contributed by atoms with Crippen molar-refractivity contribution in [1.29, 1.82) is 0 Å². The third-order valence-corrected chi connectivity index (χ3v) is 3.31. The maximum atomic E-state index is 11.3. The maximum absolute atomic E-state index is 11.3. The molecule has 0 aliphatic carbocycles. The third-order valence-electron chi connectivity index (χ3n) is 3.31. The molecule has 1 saturated heterocycles. The van der Waals surface area contributed by atoms with Crippen LogP contribution in [0.3, 0.4) is 0 Å². The van der Waals surface area contributed by atoms with Crippen molar-refractivity contribution in [2.75, 3.05) is 13.6 Å². The summed E-state index contributed by atoms with van der Waals surface area (Å²) in [5.74, 6) is -0.196. The first-order valence-corrected chi connectivity index (χ1v) is 7.79. The lowest BCUT2D eigenvalue weighted by Crippen LogP contribution is -2.30. The second-order valence-corrected chi connectivity index (χ2v) is 6.43. The second-order valence-electron chi connectivity index (χ2n) is 6.43. The van der Waals surface area contributed by atoms with Gasteiger partial charge in [0, 0.05) is 25.9 Å². The van der Waals surface area contributed by atoms with E-state index in [4.69, 9.17) is 4.74 Å². The fraction of sp³-hybridized carbons (Fsp3) is 0.529. The van der Waals surface area contributed by atoms with Gasteiger partial charge in [0.15, 0.2) is 0 Å². The number of carbonyl (C=O) groups excluding carboxylic acids is 3. The zero-order valence-electron chi connectivity index (χ0n) is 14.6. The Hall–Kier alpha value is -2.44. The molecule has 1 fully saturated rings. The van der Waals surface area contributed by atoms with Gasteiger partial charge >= 0.3 is 5.97 Å². The van der Waals surface area contributed by atoms with Crippen LogP contribution in [0.4, 0.5) is 0 Å². The number of amides is 2. The van der Waals surface area contributed by atoms with Crippen molar-refractivity contribution < 1.29 is 19.1 Å². The summed E-state index contributed by atoms with van der Waals surface area (Å²) < 4.78 is 4.88. The van der Waals surface area contributed by atoms with E-state index in [0.29, 0.717) is 12.8 Å². The van der Waals surface area contributed by atoms with Crippen LogP contribution in [0.5, 0.6) is 0 Å². The van der Waals surface area contributed by atoms with E-state index in [1.165, 1.54) is 0 Å². The summed E-state index contributed by atoms with van der Waals surface area (Å²) in [4.78, 5) is 37.6. The molecule has 24 heavy (non-hydrogen) atoms. The molecular weight excluding hydrogens is 310 g/mol. The fourth-order valence-corrected chi connectivity index (χ4v) is 2.27. The van der Waals surface area contributed by atoms with Crippen LogP contribution in [0.1, 0.15) is 45.2 Å². The molecule has 1 N–H and O–H groups in total. The van der Waals surface area contributed by atoms with E-state index in [1.54, 1.807) is 31.9 Å². The van der Waals surface area contributed by atoms with Gasteiger partial charge in [-0.05, 0) is 38.8 Å². The average molecular weight is 335 g/mol. The topological polar surface area (TPSA) is 88.6 Å². The normalized spacial score (nSPS) is 16.9. The minimum absolute atomic E-state index is 0.0687. The van der Waals surface area contributed by atoms with E-state index in [1.807, 2.05) is 25.4 Å². The summed E-state index contributed by atoms with van der Waals surface area (Å²) in [6.45, 7) is 5.24. The molecule has 1 aliphatic heterocycles. The van der Waals surface area contributed by atoms with Gasteiger partial charge in [-0.25, -0.2) is 0 Å². The molecule has 0 aromatic carbocycles. The first-order valence-electron chi connectivity index (χ1n) is 7.79. The lowest BCUT2D eigenvalue weighted by Gasteiger charge is -2.19. The summed E-state index contributed by atoms with van der Waals surface area (Å²) >= 11 is 0. The summed E-state index contributed by atoms with van der Waals surface area (Å²) in [6, 6.07) is 4.17. The molecule has 1 aliphatic rings. The third kappa shape index (κ3) is 6.76. The highest BCUT2D eigenvalue weighted by Crippen LogP contribution is 2.30. The minimum atomic E-state index is -0.484. The predicted molar refractivity (Wildman–Crippen MR) is 88.9 cm³/mol. The Morgan fingerprint density at radius 1 is 1.50 bits per heavy atom. The molecule has 2 rings (SSSR count). The standard InChI is InChI=1S/C10H12N2O.C7H13NO3/c1-12-9(4-5-10(12)13)8-3-2-6-11-7-8;1-7(2,3)11-6(10)4-8-5-9/h2-3,6-7,9H,4-5H2,1H3;5H,4H2,1-3H3,(H,8,9). The SMILES string of the molecule is CC(C)(C)OC(=O)CNC=O.CN1C(=O)CCC1c1cccnc1. The van der Waals surface area contributed by atoms with Crippen LogP contribution in [0.15, 0.2) is 24.5 Å². The van der Waals surface area contributed by atoms with Gasteiger partial charge in [0.1, 0.15) is 12.1 Å². The predicted octanol–water partition coefficient (Wildman–Crippen LogP) is 1.45. The van der Waals surface area contributed by atoms with Crippen LogP contribution in [0.2, 0.25) is 0 Å². The van der Waals surface area contributed by atoms with Crippen molar-refractivity contribution in [3.8, 4) is 0 Å². The Bertz CT molecular complexity index is 555. The lowest BCUT2D eigenvalue weighted by molar-refractivity contribution is -0.154. The fourth-order valence-electron chi connectivity index (χ4n) is 2.27. The van der Waals surface area contributed by atoms with Crippen LogP contribution >= 0.6 is 0 Å². The van der Waals surface area contributed by atoms with Crippen molar-refractivity contribution in [3.05, 3.63) is 30.1 Å². The highest BCUT2D eigenvalue weighted by atomic mass is 16.6. The van der Waals surface area contributed by atoms with E-state index in [-0.39, 0.29) is 18.5 Å². The molecular formula is C17H25N3O4. The number of esters is 1. The largest absolute Gasteiger partial charge is 0.459 e. The number of rotatable bonds is 4. The molecule has 1 unspecified atom stereocenters. The Balaban J connectivity index is 0.000000245. The zero-order valence-corrected chi connectivity index (χ0v) is 14.6. The summed E-state index contributed by atoms with van der Waals surface area (Å²) in [5, 5.41) is 2.22. The molecule has 7 nitrogen and oxygen atoms in total. The van der Waals surface area contributed by atoms with Crippen molar-refractivity contribution >= 4 is 18.3 Å². The quantitative estimate of drug-likeness (QED) is 0.664. The number of hydrogen-bond donors (Lipinski definition) is 1. The molecule has 0 saturated carbocycles. The van der Waals surface area contributed by atoms with Crippen LogP contribution in [0, 0.1) is 0 Å². The Morgan fingerprint density at radius 2 is 2.21 bits per heavy atom. The van der Waals surface area contributed by atoms with Gasteiger partial charge in [-0.3, -0.25) is 19.4 Å². The number of carbonyl (C=O) groups is 3. The minimum Gasteiger partial charge on any atom is -0.459 e. The van der Waals surface area contributed by atoms with Gasteiger partial charge in [-0.2, -0.15) is 0 Å². The highest BCUT2D eigenvalue weighted by Gasteiger charge is 2.28. The molecule has 0 bridgehead atoms. The van der Waals surface area contributed by atoms with Crippen molar-refractivity contribution in [1.82, 2.24) is 15.2 Å². The van der Waals surface area contributed by atoms with E-state index in [0.717, 1.165) is 12.0 Å². The molecule has 0 spiro atoms. The van der Waals surface area contributed by atoms with Crippen molar-refractivity contribution in [2.24, 2.45) is 0 Å². The second kappa shape index (κ2) is 9.00. The first-order chi connectivity index (χ1) is 11.2. The van der Waals surface area contributed by atoms with Gasteiger partial charge < -0.3 is 15.0 Å². The van der Waals surface area contributed by atoms with Gasteiger partial charge in [0.25, 0.3) is 0 Å². The lowest BCUT2D eigenvalue weighted by atomic mass is 10.1. The number of nitrogens with zero attached hydrogens (tertiary/aromatic N) is 2. The van der Waals surface area contributed by atoms with Gasteiger partial charge in [-0.15, -0.1) is 0 Å². The Kier molecular flexibility index (Phi) is 7.35. The molecule has 2 heterocycles. The van der Waals surface area contributed by atoms with Crippen LogP contribution in [-0.2, 0) is 19.1 Å². The van der Waals surface area contributed by atoms with Crippen molar-refractivity contribution in [2.45, 2.75) is 45.3 Å². The number of pyridine rings is 1. The van der Waals surface area contributed by atoms with Gasteiger partial charge in [-0.1, -0.05) is 6.07 Å². The number of hydrogen-bond acceptors (Lipinski definition) is 5. The zero-order chi connectivity index (χ0) is 18.2. The van der Waals surface area contributed by atoms with Crippen LogP contribution < -0.4 is 5.32 Å². The Morgan fingerprint density at radius 3 is 2.67 bits per heavy atom. The summed E-state index contributed by atoms with van der Waals surface area (Å²) in [7, 11) is 1.85. The number of likely N-dealkylation sites (tertiary alicyclic amines) is 1. The van der Waals surface area contributed by atoms with E-state index in [2.05, 4.69) is 10.3 Å². The molecule has 132 valence electrons. The van der Waals surface area contributed by atoms with Crippen molar-refractivity contribution in [3.63, 3.8) is 0 Å². The van der Waals surface area contributed by atoms with E-state index < -0.39 is 11.6 Å². The average Bonchev–Trinajstić information content (AvgIpc) is 2.85. The summed E-state index contributed by atoms with van der Waals surface area (Å²) in [6.07, 6.45) is 5.63. The molecule has 7 heteroatoms. The molecule has 1 aromatic rings. The first kappa shape index (κ1) is 19.6. The van der Waals surface area contributed by atoms with Gasteiger partial charge in [0.05, 0.1) is 6.04 Å². The van der Waals surface area contributed by atoms with E-state index >= 15 is 0 Å². The molecule has 1 atom stereocenters. The number of aromatic nitrogens is 1. The summed E-state index contributed by atoms with van der Waals surface area (Å²) in [5.41, 5.74) is 0.651. The monoisotopic (exact) mass is 335 g/mol. The van der Waals surface area contributed by atoms with Gasteiger partial charge in [0.2, 0.25) is 12.3 Å². The smallest absolute Gasteiger partial charge is 0.325 e. The van der Waals surface area contributed by atoms with Crippen LogP contribution in [0.25, 0.3) is 0 Å². The van der Waals surface area contributed by atoms with E-state index in [9.17, 15) is 14.4 Å². The Labute approximate surface area is 142 Å². The molecule has 2 amide bonds. The molecule has 0 radical (unpaired) electrons. The van der Waals surface area contributed by atoms with Crippen LogP contribution in [-0.4, -0.2) is 47.4 Å². The number of ether oxygens (including phenoxy) is 1. The highest BCUT2D eigenvalue weighted by molar-refractivity contribution is 5.78. The molecule has 1 aromatic heterocycles.